The molecular formula is C22H22FN5O3. The number of carbonyl (C=O) groups excluding carboxylic acids is 1. The van der Waals surface area contributed by atoms with Gasteiger partial charge < -0.3 is 19.4 Å². The molecule has 2 amide bonds. The molecule has 160 valence electrons. The molecule has 1 unspecified atom stereocenters. The number of likely N-dealkylation sites (tertiary alicyclic amines) is 1. The Balaban J connectivity index is 1.40. The van der Waals surface area contributed by atoms with Gasteiger partial charge in [0, 0.05) is 49.7 Å². The number of anilines is 1. The van der Waals surface area contributed by atoms with Crippen molar-refractivity contribution in [2.75, 3.05) is 31.6 Å². The molecule has 4 heterocycles. The zero-order valence-corrected chi connectivity index (χ0v) is 16.8. The highest BCUT2D eigenvalue weighted by molar-refractivity contribution is 5.89. The average molecular weight is 423 g/mol. The molecule has 0 bridgehead atoms. The molecule has 8 nitrogen and oxygen atoms in total. The second-order valence-electron chi connectivity index (χ2n) is 8.00. The topological polar surface area (TPSA) is 93.4 Å². The number of nitrogens with zero attached hydrogens (tertiary/aromatic N) is 4. The second-order valence-corrected chi connectivity index (χ2v) is 8.00. The predicted molar refractivity (Wildman–Crippen MR) is 110 cm³/mol. The molecule has 2 aliphatic heterocycles. The number of hydrogen-bond acceptors (Lipinski definition) is 6. The summed E-state index contributed by atoms with van der Waals surface area (Å²) >= 11 is 0. The number of aromatic nitrogens is 3. The molecule has 1 spiro atoms. The maximum absolute atomic E-state index is 14.0. The van der Waals surface area contributed by atoms with Crippen LogP contribution in [0.3, 0.4) is 0 Å². The van der Waals surface area contributed by atoms with Gasteiger partial charge in [-0.15, -0.1) is 10.2 Å². The molecule has 31 heavy (non-hydrogen) atoms. The van der Waals surface area contributed by atoms with Gasteiger partial charge in [-0.25, -0.2) is 9.18 Å². The van der Waals surface area contributed by atoms with Crippen molar-refractivity contribution in [2.45, 2.75) is 18.8 Å². The lowest BCUT2D eigenvalue weighted by Crippen LogP contribution is -2.38. The third-order valence-electron chi connectivity index (χ3n) is 6.21. The third-order valence-corrected chi connectivity index (χ3v) is 6.21. The molecule has 5 rings (SSSR count). The molecule has 3 aromatic rings. The number of pyridine rings is 1. The smallest absolute Gasteiger partial charge is 0.321 e. The molecule has 2 aromatic heterocycles. The number of hydrogen-bond donors (Lipinski definition) is 1. The molecule has 1 atom stereocenters. The monoisotopic (exact) mass is 423 g/mol. The fourth-order valence-corrected chi connectivity index (χ4v) is 4.49. The van der Waals surface area contributed by atoms with Crippen molar-refractivity contribution < 1.29 is 18.3 Å². The second kappa shape index (κ2) is 8.07. The summed E-state index contributed by atoms with van der Waals surface area (Å²) in [5.41, 5.74) is 0.740. The normalized spacial score (nSPS) is 20.2. The number of nitrogens with one attached hydrogen (secondary N) is 1. The Morgan fingerprint density at radius 2 is 1.90 bits per heavy atom. The zero-order valence-electron chi connectivity index (χ0n) is 16.8. The number of para-hydroxylation sites is 1. The number of urea groups is 1. The molecule has 2 saturated heterocycles. The van der Waals surface area contributed by atoms with Gasteiger partial charge in [-0.3, -0.25) is 4.98 Å². The fourth-order valence-electron chi connectivity index (χ4n) is 4.49. The fraction of sp³-hybridized carbons (Fsp3) is 0.364. The van der Waals surface area contributed by atoms with Crippen molar-refractivity contribution in [2.24, 2.45) is 5.41 Å². The summed E-state index contributed by atoms with van der Waals surface area (Å²) in [5, 5.41) is 11.2. The maximum atomic E-state index is 14.0. The van der Waals surface area contributed by atoms with Crippen LogP contribution in [0, 0.1) is 11.2 Å². The Morgan fingerprint density at radius 3 is 2.68 bits per heavy atom. The van der Waals surface area contributed by atoms with Gasteiger partial charge in [0.1, 0.15) is 5.82 Å². The van der Waals surface area contributed by atoms with Crippen LogP contribution in [0.25, 0.3) is 11.5 Å². The first kappa shape index (κ1) is 19.6. The summed E-state index contributed by atoms with van der Waals surface area (Å²) in [6.07, 6.45) is 4.91. The van der Waals surface area contributed by atoms with Crippen LogP contribution in [0.2, 0.25) is 0 Å². The first-order valence-corrected chi connectivity index (χ1v) is 10.3. The Labute approximate surface area is 178 Å². The van der Waals surface area contributed by atoms with Crippen LogP contribution in [-0.2, 0) is 4.74 Å². The van der Waals surface area contributed by atoms with E-state index in [1.165, 1.54) is 6.07 Å². The summed E-state index contributed by atoms with van der Waals surface area (Å²) < 4.78 is 25.6. The quantitative estimate of drug-likeness (QED) is 0.691. The van der Waals surface area contributed by atoms with E-state index in [0.29, 0.717) is 38.1 Å². The van der Waals surface area contributed by atoms with Gasteiger partial charge in [0.25, 0.3) is 0 Å². The van der Waals surface area contributed by atoms with Crippen molar-refractivity contribution in [1.29, 1.82) is 0 Å². The summed E-state index contributed by atoms with van der Waals surface area (Å²) in [6.45, 7) is 2.17. The van der Waals surface area contributed by atoms with Crippen molar-refractivity contribution in [3.63, 3.8) is 0 Å². The van der Waals surface area contributed by atoms with E-state index in [1.807, 2.05) is 12.1 Å². The molecule has 0 aliphatic carbocycles. The van der Waals surface area contributed by atoms with Crippen LogP contribution in [-0.4, -0.2) is 52.4 Å². The summed E-state index contributed by atoms with van der Waals surface area (Å²) in [6, 6.07) is 9.42. The number of carbonyl (C=O) groups is 1. The predicted octanol–water partition coefficient (Wildman–Crippen LogP) is 3.70. The summed E-state index contributed by atoms with van der Waals surface area (Å²) in [5.74, 6) is 0.348. The number of halogens is 1. The first-order chi connectivity index (χ1) is 15.1. The summed E-state index contributed by atoms with van der Waals surface area (Å²) in [7, 11) is 0. The first-order valence-electron chi connectivity index (χ1n) is 10.3. The van der Waals surface area contributed by atoms with Crippen LogP contribution in [0.4, 0.5) is 14.9 Å². The van der Waals surface area contributed by atoms with Gasteiger partial charge in [-0.2, -0.15) is 0 Å². The van der Waals surface area contributed by atoms with Gasteiger partial charge in [0.2, 0.25) is 11.8 Å². The minimum absolute atomic E-state index is 0.120. The highest BCUT2D eigenvalue weighted by Crippen LogP contribution is 2.49. The Bertz CT molecular complexity index is 1070. The molecule has 0 saturated carbocycles. The highest BCUT2D eigenvalue weighted by Gasteiger charge is 2.51. The van der Waals surface area contributed by atoms with E-state index in [1.54, 1.807) is 35.5 Å². The summed E-state index contributed by atoms with van der Waals surface area (Å²) in [4.78, 5) is 18.7. The molecular weight excluding hydrogens is 401 g/mol. The van der Waals surface area contributed by atoms with Gasteiger partial charge in [-0.05, 0) is 37.1 Å². The van der Waals surface area contributed by atoms with E-state index in [4.69, 9.17) is 9.15 Å². The van der Waals surface area contributed by atoms with Gasteiger partial charge in [-0.1, -0.05) is 12.1 Å². The minimum Gasteiger partial charge on any atom is -0.420 e. The lowest BCUT2D eigenvalue weighted by Gasteiger charge is -2.36. The van der Waals surface area contributed by atoms with Gasteiger partial charge in [0.05, 0.1) is 11.6 Å². The van der Waals surface area contributed by atoms with E-state index in [9.17, 15) is 9.18 Å². The van der Waals surface area contributed by atoms with Crippen LogP contribution >= 0.6 is 0 Å². The number of benzene rings is 1. The molecule has 2 fully saturated rings. The van der Waals surface area contributed by atoms with Gasteiger partial charge >= 0.3 is 6.03 Å². The molecule has 2 aliphatic rings. The van der Waals surface area contributed by atoms with Crippen LogP contribution in [0.15, 0.2) is 53.2 Å². The standard InChI is InChI=1S/C22H22FN5O3/c23-17-3-1-2-4-18(17)25-21(29)28-13-16(22(14-28)7-11-30-12-8-22)20-27-26-19(31-20)15-5-9-24-10-6-15/h1-6,9-10,16H,7-8,11-14H2,(H,25,29). The number of amides is 2. The van der Waals surface area contributed by atoms with Crippen LogP contribution in [0.1, 0.15) is 24.7 Å². The highest BCUT2D eigenvalue weighted by atomic mass is 19.1. The minimum atomic E-state index is -0.466. The zero-order chi connectivity index (χ0) is 21.3. The van der Waals surface area contributed by atoms with Gasteiger partial charge in [0.15, 0.2) is 0 Å². The van der Waals surface area contributed by atoms with Crippen LogP contribution in [0.5, 0.6) is 0 Å². The molecule has 1 aromatic carbocycles. The van der Waals surface area contributed by atoms with Crippen molar-refractivity contribution in [3.05, 3.63) is 60.5 Å². The van der Waals surface area contributed by atoms with E-state index < -0.39 is 5.82 Å². The number of rotatable bonds is 3. The molecule has 0 radical (unpaired) electrons. The SMILES string of the molecule is O=C(Nc1ccccc1F)N1CC(c2nnc(-c3ccncc3)o2)C2(CCOCC2)C1. The maximum Gasteiger partial charge on any atom is 0.321 e. The largest absolute Gasteiger partial charge is 0.420 e. The Morgan fingerprint density at radius 1 is 1.13 bits per heavy atom. The molecule has 9 heteroatoms. The van der Waals surface area contributed by atoms with E-state index in [2.05, 4.69) is 20.5 Å². The Hall–Kier alpha value is -3.33. The lowest BCUT2D eigenvalue weighted by atomic mass is 9.72. The lowest BCUT2D eigenvalue weighted by molar-refractivity contribution is 0.0104. The van der Waals surface area contributed by atoms with Crippen molar-refractivity contribution >= 4 is 11.7 Å². The third kappa shape index (κ3) is 3.76. The number of ether oxygens (including phenoxy) is 1. The van der Waals surface area contributed by atoms with E-state index >= 15 is 0 Å². The van der Waals surface area contributed by atoms with Crippen LogP contribution < -0.4 is 5.32 Å². The van der Waals surface area contributed by atoms with Crippen molar-refractivity contribution in [3.8, 4) is 11.5 Å². The Kier molecular flexibility index (Phi) is 5.11. The van der Waals surface area contributed by atoms with E-state index in [-0.39, 0.29) is 23.1 Å². The van der Waals surface area contributed by atoms with Crippen molar-refractivity contribution in [1.82, 2.24) is 20.1 Å². The average Bonchev–Trinajstić information content (AvgIpc) is 3.42. The molecule has 1 N–H and O–H groups in total. The van der Waals surface area contributed by atoms with E-state index in [0.717, 1.165) is 18.4 Å².